The second-order valence-corrected chi connectivity index (χ2v) is 7.62. The van der Waals surface area contributed by atoms with Crippen LogP contribution < -0.4 is 0 Å². The standard InChI is InChI=1S/C5H2S5/c1-2-3(6-1)4-5(9-7-2)10-8-4/h1H2. The molecular formula is C5H2S5. The van der Waals surface area contributed by atoms with Crippen LogP contribution in [0.4, 0.5) is 0 Å². The fraction of sp³-hybridized carbons (Fsp3) is 0.200. The predicted molar refractivity (Wildman–Crippen MR) is 55.0 cm³/mol. The SMILES string of the molecule is C1SC2=C1SSc1ssc12. The van der Waals surface area contributed by atoms with E-state index in [0.717, 1.165) is 0 Å². The lowest BCUT2D eigenvalue weighted by molar-refractivity contribution is 1.62. The van der Waals surface area contributed by atoms with Gasteiger partial charge in [-0.05, 0) is 10.8 Å². The van der Waals surface area contributed by atoms with Gasteiger partial charge in [0.05, 0.1) is 4.88 Å². The molecule has 0 saturated heterocycles. The number of fused-ring (bicyclic) bond motifs is 2. The largest absolute Gasteiger partial charge is 0.118 e. The first-order chi connectivity index (χ1) is 4.95. The van der Waals surface area contributed by atoms with Crippen molar-refractivity contribution in [2.24, 2.45) is 0 Å². The van der Waals surface area contributed by atoms with Crippen LogP contribution in [0.3, 0.4) is 0 Å². The molecule has 3 rings (SSSR count). The first-order valence-electron chi connectivity index (χ1n) is 2.75. The molecule has 0 spiro atoms. The van der Waals surface area contributed by atoms with Crippen LogP contribution in [-0.2, 0) is 0 Å². The Kier molecular flexibility index (Phi) is 1.44. The summed E-state index contributed by atoms with van der Waals surface area (Å²) in [6.07, 6.45) is 0. The lowest BCUT2D eigenvalue weighted by Crippen LogP contribution is -2.02. The molecule has 1 aromatic rings. The molecule has 5 heteroatoms. The molecule has 2 aliphatic heterocycles. The first kappa shape index (κ1) is 6.48. The van der Waals surface area contributed by atoms with Crippen molar-refractivity contribution in [2.45, 2.75) is 4.21 Å². The molecule has 0 saturated carbocycles. The van der Waals surface area contributed by atoms with Gasteiger partial charge in [-0.2, -0.15) is 0 Å². The highest BCUT2D eigenvalue weighted by Gasteiger charge is 2.30. The van der Waals surface area contributed by atoms with E-state index in [0.29, 0.717) is 0 Å². The molecule has 0 bridgehead atoms. The third kappa shape index (κ3) is 0.728. The zero-order valence-electron chi connectivity index (χ0n) is 4.75. The fourth-order valence-electron chi connectivity index (χ4n) is 0.845. The molecule has 1 aromatic heterocycles. The molecule has 0 fully saturated rings. The van der Waals surface area contributed by atoms with Crippen molar-refractivity contribution in [3.63, 3.8) is 0 Å². The van der Waals surface area contributed by atoms with Crippen molar-refractivity contribution in [3.8, 4) is 0 Å². The van der Waals surface area contributed by atoms with Gasteiger partial charge in [-0.15, -0.1) is 11.8 Å². The monoisotopic (exact) mass is 222 g/mol. The van der Waals surface area contributed by atoms with E-state index in [4.69, 9.17) is 0 Å². The molecule has 0 atom stereocenters. The summed E-state index contributed by atoms with van der Waals surface area (Å²) in [6, 6.07) is 0. The minimum Gasteiger partial charge on any atom is -0.118 e. The molecule has 0 radical (unpaired) electrons. The molecule has 52 valence electrons. The normalized spacial score (nSPS) is 22.0. The van der Waals surface area contributed by atoms with E-state index in [2.05, 4.69) is 0 Å². The van der Waals surface area contributed by atoms with Gasteiger partial charge in [0.2, 0.25) is 0 Å². The quantitative estimate of drug-likeness (QED) is 0.609. The first-order valence-corrected chi connectivity index (χ1v) is 8.03. The summed E-state index contributed by atoms with van der Waals surface area (Å²) in [7, 11) is 7.76. The highest BCUT2D eigenvalue weighted by atomic mass is 33.1. The number of thioether (sulfide) groups is 1. The maximum atomic E-state index is 2.01. The Hall–Kier alpha value is 0.970. The molecule has 0 unspecified atom stereocenters. The number of rotatable bonds is 0. The molecular weight excluding hydrogens is 220 g/mol. The van der Waals surface area contributed by atoms with Gasteiger partial charge >= 0.3 is 0 Å². The van der Waals surface area contributed by atoms with Crippen molar-refractivity contribution >= 4 is 58.9 Å². The topological polar surface area (TPSA) is 0 Å². The Morgan fingerprint density at radius 2 is 2.10 bits per heavy atom. The fourth-order valence-corrected chi connectivity index (χ4v) is 8.76. The van der Waals surface area contributed by atoms with Crippen LogP contribution in [0.25, 0.3) is 4.91 Å². The molecule has 0 aliphatic carbocycles. The van der Waals surface area contributed by atoms with E-state index in [9.17, 15) is 0 Å². The van der Waals surface area contributed by atoms with Crippen molar-refractivity contribution in [2.75, 3.05) is 5.75 Å². The summed E-state index contributed by atoms with van der Waals surface area (Å²) in [5.74, 6) is 1.26. The average Bonchev–Trinajstić information content (AvgIpc) is 1.84. The molecule has 0 aromatic carbocycles. The van der Waals surface area contributed by atoms with Gasteiger partial charge in [-0.3, -0.25) is 0 Å². The summed E-state index contributed by atoms with van der Waals surface area (Å²) < 4.78 is 1.54. The van der Waals surface area contributed by atoms with Crippen molar-refractivity contribution in [1.29, 1.82) is 0 Å². The van der Waals surface area contributed by atoms with Gasteiger partial charge in [0.1, 0.15) is 4.21 Å². The second kappa shape index (κ2) is 2.23. The number of hydrogen-bond donors (Lipinski definition) is 0. The van der Waals surface area contributed by atoms with Gasteiger partial charge in [0, 0.05) is 15.6 Å². The van der Waals surface area contributed by atoms with Crippen LogP contribution in [-0.4, -0.2) is 5.75 Å². The Morgan fingerprint density at radius 3 is 2.60 bits per heavy atom. The second-order valence-electron chi connectivity index (χ2n) is 1.99. The molecule has 10 heavy (non-hydrogen) atoms. The molecule has 0 N–H and O–H groups in total. The van der Waals surface area contributed by atoms with E-state index in [1.165, 1.54) is 5.75 Å². The van der Waals surface area contributed by atoms with Crippen LogP contribution in [0, 0.1) is 0 Å². The maximum absolute atomic E-state index is 2.01. The minimum absolute atomic E-state index is 1.26. The summed E-state index contributed by atoms with van der Waals surface area (Å²) in [5, 5.41) is 0. The van der Waals surface area contributed by atoms with Crippen molar-refractivity contribution in [1.82, 2.24) is 0 Å². The van der Waals surface area contributed by atoms with Gasteiger partial charge < -0.3 is 0 Å². The van der Waals surface area contributed by atoms with E-state index in [1.807, 2.05) is 54.0 Å². The van der Waals surface area contributed by atoms with E-state index >= 15 is 0 Å². The highest BCUT2D eigenvalue weighted by Crippen LogP contribution is 2.63. The van der Waals surface area contributed by atoms with E-state index in [-0.39, 0.29) is 0 Å². The zero-order valence-corrected chi connectivity index (χ0v) is 8.83. The van der Waals surface area contributed by atoms with Crippen LogP contribution >= 0.6 is 54.0 Å². The summed E-state index contributed by atoms with van der Waals surface area (Å²) >= 11 is 2.01. The lowest BCUT2D eigenvalue weighted by Gasteiger charge is -2.28. The lowest BCUT2D eigenvalue weighted by atomic mass is 10.4. The average molecular weight is 222 g/mol. The summed E-state index contributed by atoms with van der Waals surface area (Å²) in [4.78, 5) is 4.77. The maximum Gasteiger partial charge on any atom is 0.101 e. The molecule has 2 aliphatic rings. The van der Waals surface area contributed by atoms with Crippen LogP contribution in [0.15, 0.2) is 9.11 Å². The van der Waals surface area contributed by atoms with Crippen molar-refractivity contribution in [3.05, 3.63) is 9.78 Å². The number of hydrogen-bond acceptors (Lipinski definition) is 5. The highest BCUT2D eigenvalue weighted by molar-refractivity contribution is 8.79. The third-order valence-electron chi connectivity index (χ3n) is 1.41. The smallest absolute Gasteiger partial charge is 0.101 e. The predicted octanol–water partition coefficient (Wildman–Crippen LogP) is 3.98. The Bertz CT molecular complexity index is 304. The van der Waals surface area contributed by atoms with Crippen LogP contribution in [0.2, 0.25) is 0 Å². The van der Waals surface area contributed by atoms with E-state index < -0.39 is 0 Å². The Morgan fingerprint density at radius 1 is 1.10 bits per heavy atom. The molecule has 0 amide bonds. The summed E-state index contributed by atoms with van der Waals surface area (Å²) in [5.41, 5.74) is 0. The van der Waals surface area contributed by atoms with Gasteiger partial charge in [-0.25, -0.2) is 0 Å². The minimum atomic E-state index is 1.26. The molecule has 0 nitrogen and oxygen atoms in total. The third-order valence-corrected chi connectivity index (χ3v) is 9.02. The van der Waals surface area contributed by atoms with Gasteiger partial charge in [0.25, 0.3) is 0 Å². The van der Waals surface area contributed by atoms with Gasteiger partial charge in [0.15, 0.2) is 0 Å². The Balaban J connectivity index is 2.18. The zero-order chi connectivity index (χ0) is 6.55. The molecule has 3 heterocycles. The van der Waals surface area contributed by atoms with E-state index in [1.54, 1.807) is 18.9 Å². The van der Waals surface area contributed by atoms with Crippen molar-refractivity contribution < 1.29 is 0 Å². The Labute approximate surface area is 78.3 Å². The van der Waals surface area contributed by atoms with Crippen LogP contribution in [0.5, 0.6) is 0 Å². The van der Waals surface area contributed by atoms with Crippen LogP contribution in [0.1, 0.15) is 4.88 Å². The summed E-state index contributed by atoms with van der Waals surface area (Å²) in [6.45, 7) is 0. The van der Waals surface area contributed by atoms with Gasteiger partial charge in [-0.1, -0.05) is 31.5 Å².